The molecule has 0 atom stereocenters. The van der Waals surface area contributed by atoms with E-state index in [1.165, 1.54) is 27.8 Å². The van der Waals surface area contributed by atoms with Gasteiger partial charge in [0, 0.05) is 30.4 Å². The Kier molecular flexibility index (Phi) is 3.00. The van der Waals surface area contributed by atoms with E-state index in [1.807, 2.05) is 24.9 Å². The van der Waals surface area contributed by atoms with Crippen molar-refractivity contribution in [2.24, 2.45) is 14.1 Å². The Morgan fingerprint density at radius 2 is 1.86 bits per heavy atom. The van der Waals surface area contributed by atoms with Gasteiger partial charge in [0.15, 0.2) is 6.20 Å². The number of aryl methyl sites for hydroxylation is 2. The molecule has 22 heavy (non-hydrogen) atoms. The first-order chi connectivity index (χ1) is 10.8. The van der Waals surface area contributed by atoms with Crippen LogP contribution in [0.5, 0.6) is 0 Å². The Bertz CT molecular complexity index is 852. The fourth-order valence-corrected chi connectivity index (χ4v) is 3.46. The van der Waals surface area contributed by atoms with Crippen LogP contribution in [0, 0.1) is 0 Å². The summed E-state index contributed by atoms with van der Waals surface area (Å²) < 4.78 is 4.35. The number of hydrogen-bond acceptors (Lipinski definition) is 2. The Morgan fingerprint density at radius 3 is 2.73 bits per heavy atom. The summed E-state index contributed by atoms with van der Waals surface area (Å²) in [5.41, 5.74) is 6.50. The molecule has 1 aliphatic heterocycles. The summed E-state index contributed by atoms with van der Waals surface area (Å²) in [4.78, 5) is 8.67. The average molecular weight is 288 g/mol. The Labute approximate surface area is 130 Å². The molecule has 5 heteroatoms. The third-order valence-corrected chi connectivity index (χ3v) is 4.48. The van der Waals surface area contributed by atoms with Gasteiger partial charge < -0.3 is 0 Å². The van der Waals surface area contributed by atoms with E-state index >= 15 is 0 Å². The molecule has 0 radical (unpaired) electrons. The highest BCUT2D eigenvalue weighted by Gasteiger charge is 2.41. The van der Waals surface area contributed by atoms with Crippen molar-refractivity contribution in [2.75, 3.05) is 0 Å². The minimum Gasteiger partial charge on any atom is -0.264 e. The van der Waals surface area contributed by atoms with Gasteiger partial charge in [-0.3, -0.25) is 4.98 Å². The zero-order chi connectivity index (χ0) is 15.1. The van der Waals surface area contributed by atoms with Crippen molar-refractivity contribution in [3.63, 3.8) is 0 Å². The van der Waals surface area contributed by atoms with Crippen molar-refractivity contribution in [1.82, 2.24) is 9.97 Å². The lowest BCUT2D eigenvalue weighted by atomic mass is 9.36. The van der Waals surface area contributed by atoms with E-state index in [4.69, 9.17) is 0 Å². The smallest absolute Gasteiger partial charge is 0.264 e. The molecule has 1 aliphatic rings. The van der Waals surface area contributed by atoms with E-state index in [0.29, 0.717) is 0 Å². The first-order valence-electron chi connectivity index (χ1n) is 7.45. The van der Waals surface area contributed by atoms with Gasteiger partial charge in [-0.15, -0.1) is 0 Å². The fourth-order valence-electron chi connectivity index (χ4n) is 3.46. The molecule has 0 saturated carbocycles. The molecule has 0 bridgehead atoms. The maximum atomic E-state index is 4.36. The molecular formula is C17H17BN4+2. The fraction of sp³-hybridized carbons (Fsp3) is 0.176. The summed E-state index contributed by atoms with van der Waals surface area (Å²) in [6.07, 6.45) is 10.8. The number of hydrogen-bond donors (Lipinski definition) is 0. The highest BCUT2D eigenvalue weighted by molar-refractivity contribution is 6.94. The van der Waals surface area contributed by atoms with Crippen molar-refractivity contribution in [3.8, 4) is 0 Å². The second kappa shape index (κ2) is 5.02. The van der Waals surface area contributed by atoms with Gasteiger partial charge in [0.25, 0.3) is 6.33 Å². The highest BCUT2D eigenvalue weighted by atomic mass is 15.0. The van der Waals surface area contributed by atoms with Crippen LogP contribution in [0.2, 0.25) is 0 Å². The SMILES string of the molecule is C[n+]1ccccc1B1c2ccncc2Cc2cnc[n+](C)c21. The third-order valence-electron chi connectivity index (χ3n) is 4.48. The maximum absolute atomic E-state index is 4.36. The van der Waals surface area contributed by atoms with Crippen molar-refractivity contribution >= 4 is 23.4 Å². The largest absolute Gasteiger partial charge is 0.374 e. The van der Waals surface area contributed by atoms with E-state index in [2.05, 4.69) is 63.7 Å². The van der Waals surface area contributed by atoms with Gasteiger partial charge in [0.2, 0.25) is 0 Å². The summed E-state index contributed by atoms with van der Waals surface area (Å²) in [7, 11) is 4.18. The van der Waals surface area contributed by atoms with Crippen LogP contribution >= 0.6 is 0 Å². The van der Waals surface area contributed by atoms with Crippen molar-refractivity contribution in [2.45, 2.75) is 6.42 Å². The lowest BCUT2D eigenvalue weighted by Gasteiger charge is -2.22. The summed E-state index contributed by atoms with van der Waals surface area (Å²) in [6, 6.07) is 8.51. The monoisotopic (exact) mass is 288 g/mol. The predicted molar refractivity (Wildman–Crippen MR) is 84.7 cm³/mol. The molecule has 0 fully saturated rings. The van der Waals surface area contributed by atoms with Crippen molar-refractivity contribution in [3.05, 3.63) is 66.5 Å². The van der Waals surface area contributed by atoms with Crippen LogP contribution in [0.1, 0.15) is 11.1 Å². The molecule has 0 unspecified atom stereocenters. The minimum atomic E-state index is 0.209. The van der Waals surface area contributed by atoms with Gasteiger partial charge in [-0.05, 0) is 17.7 Å². The molecule has 4 nitrogen and oxygen atoms in total. The summed E-state index contributed by atoms with van der Waals surface area (Å²) in [6.45, 7) is 0.209. The van der Waals surface area contributed by atoms with Gasteiger partial charge in [-0.25, -0.2) is 9.13 Å². The zero-order valence-corrected chi connectivity index (χ0v) is 12.8. The van der Waals surface area contributed by atoms with Crippen molar-refractivity contribution in [1.29, 1.82) is 0 Å². The third kappa shape index (κ3) is 1.93. The van der Waals surface area contributed by atoms with E-state index < -0.39 is 0 Å². The number of nitrogens with zero attached hydrogens (tertiary/aromatic N) is 4. The molecule has 4 rings (SSSR count). The van der Waals surface area contributed by atoms with Crippen molar-refractivity contribution < 1.29 is 9.13 Å². The predicted octanol–water partition coefficient (Wildman–Crippen LogP) is -1.45. The molecule has 3 aromatic heterocycles. The standard InChI is InChI=1S/C17H17BN4/c1-21-8-4-3-5-16(21)18-15-6-7-19-10-13(15)9-14-11-20-12-22(2)17(14)18/h3-8,10-12H,9H2,1-2H3/q+2. The maximum Gasteiger partial charge on any atom is 0.374 e. The lowest BCUT2D eigenvalue weighted by molar-refractivity contribution is -0.660. The number of aromatic nitrogens is 4. The first-order valence-corrected chi connectivity index (χ1v) is 7.45. The van der Waals surface area contributed by atoms with Crippen LogP contribution < -0.4 is 25.8 Å². The molecule has 3 aromatic rings. The topological polar surface area (TPSA) is 33.5 Å². The summed E-state index contributed by atoms with van der Waals surface area (Å²) >= 11 is 0. The molecule has 0 N–H and O–H groups in total. The molecule has 0 aliphatic carbocycles. The number of pyridine rings is 2. The van der Waals surface area contributed by atoms with Crippen LogP contribution in [-0.2, 0) is 20.5 Å². The molecule has 0 amide bonds. The van der Waals surface area contributed by atoms with E-state index in [0.717, 1.165) is 6.42 Å². The van der Waals surface area contributed by atoms with Crippen LogP contribution in [-0.4, -0.2) is 16.7 Å². The van der Waals surface area contributed by atoms with Crippen LogP contribution in [0.3, 0.4) is 0 Å². The first kappa shape index (κ1) is 13.1. The van der Waals surface area contributed by atoms with Gasteiger partial charge in [0.05, 0.1) is 12.6 Å². The van der Waals surface area contributed by atoms with Gasteiger partial charge >= 0.3 is 6.71 Å². The minimum absolute atomic E-state index is 0.209. The van der Waals surface area contributed by atoms with Gasteiger partial charge in [0.1, 0.15) is 18.8 Å². The van der Waals surface area contributed by atoms with Gasteiger partial charge in [-0.2, -0.15) is 0 Å². The Hall–Kier alpha value is -2.56. The molecular weight excluding hydrogens is 271 g/mol. The van der Waals surface area contributed by atoms with Gasteiger partial charge in [-0.1, -0.05) is 16.5 Å². The molecule has 4 heterocycles. The Morgan fingerprint density at radius 1 is 1.00 bits per heavy atom. The lowest BCUT2D eigenvalue weighted by Crippen LogP contribution is -2.73. The second-order valence-electron chi connectivity index (χ2n) is 5.84. The quantitative estimate of drug-likeness (QED) is 0.317. The molecule has 0 saturated heterocycles. The zero-order valence-electron chi connectivity index (χ0n) is 12.8. The average Bonchev–Trinajstić information content (AvgIpc) is 2.54. The van der Waals surface area contributed by atoms with Crippen LogP contribution in [0.25, 0.3) is 0 Å². The molecule has 0 spiro atoms. The normalized spacial score (nSPS) is 12.7. The van der Waals surface area contributed by atoms with Crippen LogP contribution in [0.15, 0.2) is 55.4 Å². The van der Waals surface area contributed by atoms with Crippen LogP contribution in [0.4, 0.5) is 0 Å². The van der Waals surface area contributed by atoms with E-state index in [1.54, 1.807) is 0 Å². The summed E-state index contributed by atoms with van der Waals surface area (Å²) in [5.74, 6) is 0. The number of rotatable bonds is 1. The molecule has 0 aromatic carbocycles. The van der Waals surface area contributed by atoms with E-state index in [-0.39, 0.29) is 6.71 Å². The highest BCUT2D eigenvalue weighted by Crippen LogP contribution is 2.09. The second-order valence-corrected chi connectivity index (χ2v) is 5.84. The summed E-state index contributed by atoms with van der Waals surface area (Å²) in [5, 5.41) is 0. The number of fused-ring (bicyclic) bond motifs is 2. The van der Waals surface area contributed by atoms with E-state index in [9.17, 15) is 0 Å². The Balaban J connectivity index is 2.04. The molecule has 106 valence electrons.